The molecule has 0 aromatic rings. The predicted octanol–water partition coefficient (Wildman–Crippen LogP) is 2.64. The maximum Gasteiger partial charge on any atom is 1.00 e. The summed E-state index contributed by atoms with van der Waals surface area (Å²) in [6.45, 7) is 4.46. The molecule has 1 unspecified atom stereocenters. The van der Waals surface area contributed by atoms with E-state index in [4.69, 9.17) is 0 Å². The fraction of sp³-hybridized carbons (Fsp3) is 0.950. The quantitative estimate of drug-likeness (QED) is 0.299. The van der Waals surface area contributed by atoms with Gasteiger partial charge in [-0.3, -0.25) is 0 Å². The summed E-state index contributed by atoms with van der Waals surface area (Å²) in [4.78, 5) is 11.2. The Morgan fingerprint density at radius 2 is 0.957 bits per heavy atom. The molecule has 2 nitrogen and oxygen atoms in total. The number of carboxylic acid groups (broad SMARTS) is 1. The first kappa shape index (κ1) is 26.3. The molecule has 0 aliphatic rings. The summed E-state index contributed by atoms with van der Waals surface area (Å²) in [7, 11) is 0. The van der Waals surface area contributed by atoms with Crippen LogP contribution in [0, 0.1) is 5.92 Å². The fourth-order valence-electron chi connectivity index (χ4n) is 3.08. The Balaban J connectivity index is 0. The topological polar surface area (TPSA) is 40.1 Å². The van der Waals surface area contributed by atoms with Crippen LogP contribution >= 0.6 is 0 Å². The summed E-state index contributed by atoms with van der Waals surface area (Å²) in [6, 6.07) is 0. The third-order valence-electron chi connectivity index (χ3n) is 4.65. The molecule has 0 spiro atoms. The van der Waals surface area contributed by atoms with Crippen LogP contribution < -0.4 is 56.5 Å². The molecule has 0 fully saturated rings. The number of carbonyl (C=O) groups is 1. The van der Waals surface area contributed by atoms with Crippen molar-refractivity contribution < 1.29 is 61.3 Å². The fourth-order valence-corrected chi connectivity index (χ4v) is 3.08. The maximum absolute atomic E-state index is 11.2. The average molecular weight is 351 g/mol. The number of carbonyl (C=O) groups excluding carboxylic acids is 1. The van der Waals surface area contributed by atoms with E-state index in [2.05, 4.69) is 13.8 Å². The Kier molecular flexibility index (Phi) is 24.2. The van der Waals surface area contributed by atoms with Gasteiger partial charge in [-0.15, -0.1) is 0 Å². The monoisotopic (exact) mass is 350 g/mol. The van der Waals surface area contributed by atoms with E-state index >= 15 is 0 Å². The average Bonchev–Trinajstić information content (AvgIpc) is 2.50. The van der Waals surface area contributed by atoms with Crippen LogP contribution in [0.1, 0.15) is 117 Å². The van der Waals surface area contributed by atoms with Crippen LogP contribution in [0.2, 0.25) is 0 Å². The Morgan fingerprint density at radius 3 is 1.26 bits per heavy atom. The number of hydrogen-bond donors (Lipinski definition) is 0. The van der Waals surface area contributed by atoms with Gasteiger partial charge >= 0.3 is 51.4 Å². The van der Waals surface area contributed by atoms with Gasteiger partial charge in [0.15, 0.2) is 0 Å². The normalized spacial score (nSPS) is 11.9. The summed E-state index contributed by atoms with van der Waals surface area (Å²) < 4.78 is 0. The third kappa shape index (κ3) is 19.3. The molecular formula is C20H39KO2. The van der Waals surface area contributed by atoms with Crippen molar-refractivity contribution in [3.63, 3.8) is 0 Å². The molecule has 0 rings (SSSR count). The van der Waals surface area contributed by atoms with Crippen LogP contribution in [-0.2, 0) is 4.79 Å². The zero-order valence-corrected chi connectivity index (χ0v) is 19.3. The minimum atomic E-state index is -0.823. The molecule has 0 N–H and O–H groups in total. The minimum absolute atomic E-state index is 0. The van der Waals surface area contributed by atoms with Gasteiger partial charge in [0.25, 0.3) is 0 Å². The summed E-state index contributed by atoms with van der Waals surface area (Å²) >= 11 is 0. The van der Waals surface area contributed by atoms with Crippen LogP contribution in [0.4, 0.5) is 0 Å². The molecule has 0 heterocycles. The van der Waals surface area contributed by atoms with Crippen molar-refractivity contribution >= 4 is 5.97 Å². The van der Waals surface area contributed by atoms with Crippen LogP contribution in [0.25, 0.3) is 0 Å². The first-order valence-electron chi connectivity index (χ1n) is 9.93. The van der Waals surface area contributed by atoms with Crippen LogP contribution in [0.3, 0.4) is 0 Å². The second kappa shape index (κ2) is 21.1. The summed E-state index contributed by atoms with van der Waals surface area (Å²) in [5.41, 5.74) is 0. The summed E-state index contributed by atoms with van der Waals surface area (Å²) in [5.74, 6) is -1.03. The zero-order chi connectivity index (χ0) is 16.5. The van der Waals surface area contributed by atoms with Crippen molar-refractivity contribution in [3.8, 4) is 0 Å². The molecule has 132 valence electrons. The Bertz CT molecular complexity index is 244. The van der Waals surface area contributed by atoms with E-state index in [1.807, 2.05) is 0 Å². The maximum atomic E-state index is 11.2. The zero-order valence-electron chi connectivity index (χ0n) is 16.2. The standard InChI is InChI=1S/C20H40O2.K/c1-3-5-7-9-11-12-14-16-18-19(20(21)22)17-15-13-10-8-6-4-2;/h19H,3-18H2,1-2H3,(H,21,22);/q;+1/p-1. The van der Waals surface area contributed by atoms with Crippen molar-refractivity contribution in [1.82, 2.24) is 0 Å². The van der Waals surface area contributed by atoms with Crippen molar-refractivity contribution in [2.24, 2.45) is 5.92 Å². The molecule has 23 heavy (non-hydrogen) atoms. The number of carboxylic acids is 1. The van der Waals surface area contributed by atoms with E-state index in [0.29, 0.717) is 0 Å². The van der Waals surface area contributed by atoms with E-state index in [-0.39, 0.29) is 57.3 Å². The second-order valence-electron chi connectivity index (χ2n) is 6.84. The van der Waals surface area contributed by atoms with Gasteiger partial charge in [0, 0.05) is 5.97 Å². The third-order valence-corrected chi connectivity index (χ3v) is 4.65. The van der Waals surface area contributed by atoms with Crippen LogP contribution in [0.5, 0.6) is 0 Å². The van der Waals surface area contributed by atoms with Gasteiger partial charge in [-0.2, -0.15) is 0 Å². The number of aliphatic carboxylic acids is 1. The molecule has 0 bridgehead atoms. The smallest absolute Gasteiger partial charge is 0.550 e. The SMILES string of the molecule is CCCCCCCCCCC(CCCCCCCC)C(=O)[O-].[K+]. The van der Waals surface area contributed by atoms with E-state index in [1.54, 1.807) is 0 Å². The van der Waals surface area contributed by atoms with Gasteiger partial charge in [0.05, 0.1) is 0 Å². The van der Waals surface area contributed by atoms with Crippen molar-refractivity contribution in [3.05, 3.63) is 0 Å². The predicted molar refractivity (Wildman–Crippen MR) is 93.7 cm³/mol. The van der Waals surface area contributed by atoms with Gasteiger partial charge < -0.3 is 9.90 Å². The molecule has 0 aliphatic heterocycles. The van der Waals surface area contributed by atoms with E-state index < -0.39 is 5.97 Å². The van der Waals surface area contributed by atoms with E-state index in [0.717, 1.165) is 25.7 Å². The van der Waals surface area contributed by atoms with E-state index in [9.17, 15) is 9.90 Å². The van der Waals surface area contributed by atoms with Gasteiger partial charge in [0.2, 0.25) is 0 Å². The molecule has 0 radical (unpaired) electrons. The van der Waals surface area contributed by atoms with Crippen molar-refractivity contribution in [1.29, 1.82) is 0 Å². The number of rotatable bonds is 17. The first-order valence-corrected chi connectivity index (χ1v) is 9.93. The molecule has 0 aromatic carbocycles. The summed E-state index contributed by atoms with van der Waals surface area (Å²) in [6.07, 6.45) is 19.2. The first-order chi connectivity index (χ1) is 10.7. The van der Waals surface area contributed by atoms with Crippen molar-refractivity contribution in [2.75, 3.05) is 0 Å². The Morgan fingerprint density at radius 1 is 0.652 bits per heavy atom. The van der Waals surface area contributed by atoms with Gasteiger partial charge in [-0.1, -0.05) is 104 Å². The molecule has 0 aromatic heterocycles. The Labute approximate surface area is 188 Å². The molecule has 0 aliphatic carbocycles. The van der Waals surface area contributed by atoms with Crippen molar-refractivity contribution in [2.45, 2.75) is 117 Å². The molecule has 3 heteroatoms. The molecule has 0 saturated heterocycles. The Hall–Kier alpha value is 1.11. The number of unbranched alkanes of at least 4 members (excludes halogenated alkanes) is 12. The molecule has 1 atom stereocenters. The number of hydrogen-bond acceptors (Lipinski definition) is 2. The van der Waals surface area contributed by atoms with Gasteiger partial charge in [-0.05, 0) is 18.8 Å². The summed E-state index contributed by atoms with van der Waals surface area (Å²) in [5, 5.41) is 11.2. The minimum Gasteiger partial charge on any atom is -0.550 e. The second-order valence-corrected chi connectivity index (χ2v) is 6.84. The van der Waals surface area contributed by atoms with Crippen LogP contribution in [-0.4, -0.2) is 5.97 Å². The van der Waals surface area contributed by atoms with Crippen LogP contribution in [0.15, 0.2) is 0 Å². The molecule has 0 amide bonds. The van der Waals surface area contributed by atoms with Gasteiger partial charge in [0.1, 0.15) is 0 Å². The largest absolute Gasteiger partial charge is 1.00 e. The molecular weight excluding hydrogens is 311 g/mol. The van der Waals surface area contributed by atoms with E-state index in [1.165, 1.54) is 77.0 Å². The molecule has 0 saturated carbocycles. The van der Waals surface area contributed by atoms with Gasteiger partial charge in [-0.25, -0.2) is 0 Å².